The molecule has 0 spiro atoms. The molecule has 0 heterocycles. The highest BCUT2D eigenvalue weighted by atomic mass is 32.2. The lowest BCUT2D eigenvalue weighted by atomic mass is 9.91. The number of carbonyl (C=O) groups excluding carboxylic acids is 1. The number of hydrogen-bond donors (Lipinski definition) is 4. The van der Waals surface area contributed by atoms with Crippen LogP contribution in [0.2, 0.25) is 0 Å². The fourth-order valence-corrected chi connectivity index (χ4v) is 2.96. The standard InChI is InChI=1S/C12H23N3O5S/c1-21(19,20)7-6-10(11(16)17)15-12(18)14-9-5-3-2-4-8(9)13/h8-10H,2-7,13H2,1H3,(H,16,17)(H2,14,15,18). The number of rotatable bonds is 6. The Morgan fingerprint density at radius 1 is 1.33 bits per heavy atom. The lowest BCUT2D eigenvalue weighted by Crippen LogP contribution is -2.55. The molecule has 8 nitrogen and oxygen atoms in total. The number of nitrogens with one attached hydrogen (secondary N) is 2. The van der Waals surface area contributed by atoms with E-state index in [0.717, 1.165) is 31.9 Å². The van der Waals surface area contributed by atoms with Crippen LogP contribution in [0.1, 0.15) is 32.1 Å². The second-order valence-electron chi connectivity index (χ2n) is 5.48. The summed E-state index contributed by atoms with van der Waals surface area (Å²) in [5.41, 5.74) is 5.90. The molecule has 0 aromatic rings. The van der Waals surface area contributed by atoms with Crippen LogP contribution in [-0.4, -0.2) is 55.7 Å². The van der Waals surface area contributed by atoms with Crippen molar-refractivity contribution in [2.75, 3.05) is 12.0 Å². The highest BCUT2D eigenvalue weighted by Crippen LogP contribution is 2.16. The topological polar surface area (TPSA) is 139 Å². The molecule has 0 aromatic carbocycles. The number of hydrogen-bond acceptors (Lipinski definition) is 5. The van der Waals surface area contributed by atoms with Crippen molar-refractivity contribution in [2.45, 2.75) is 50.2 Å². The molecule has 0 aromatic heterocycles. The van der Waals surface area contributed by atoms with E-state index in [0.29, 0.717) is 0 Å². The summed E-state index contributed by atoms with van der Waals surface area (Å²) in [4.78, 5) is 22.9. The average molecular weight is 321 g/mol. The summed E-state index contributed by atoms with van der Waals surface area (Å²) in [5, 5.41) is 14.0. The summed E-state index contributed by atoms with van der Waals surface area (Å²) in [6, 6.07) is -2.18. The fraction of sp³-hybridized carbons (Fsp3) is 0.833. The Bertz CT molecular complexity index is 479. The second-order valence-corrected chi connectivity index (χ2v) is 7.74. The molecule has 1 rings (SSSR count). The Hall–Kier alpha value is -1.35. The van der Waals surface area contributed by atoms with Gasteiger partial charge in [0, 0.05) is 18.3 Å². The minimum absolute atomic E-state index is 0.135. The molecule has 0 saturated heterocycles. The van der Waals surface area contributed by atoms with E-state index in [-0.39, 0.29) is 24.3 Å². The molecule has 0 radical (unpaired) electrons. The summed E-state index contributed by atoms with van der Waals surface area (Å²) < 4.78 is 22.1. The number of aliphatic carboxylic acids is 1. The molecule has 122 valence electrons. The van der Waals surface area contributed by atoms with Crippen molar-refractivity contribution < 1.29 is 23.1 Å². The average Bonchev–Trinajstić information content (AvgIpc) is 2.36. The number of urea groups is 1. The Labute approximate surface area is 124 Å². The quantitative estimate of drug-likeness (QED) is 0.517. The van der Waals surface area contributed by atoms with E-state index in [2.05, 4.69) is 10.6 Å². The first kappa shape index (κ1) is 17.7. The fourth-order valence-electron chi connectivity index (χ4n) is 2.30. The van der Waals surface area contributed by atoms with Crippen LogP contribution >= 0.6 is 0 Å². The van der Waals surface area contributed by atoms with E-state index in [9.17, 15) is 18.0 Å². The highest BCUT2D eigenvalue weighted by molar-refractivity contribution is 7.90. The van der Waals surface area contributed by atoms with Crippen LogP contribution in [0, 0.1) is 0 Å². The molecular weight excluding hydrogens is 298 g/mol. The molecule has 0 bridgehead atoms. The normalized spacial score (nSPS) is 24.1. The van der Waals surface area contributed by atoms with Crippen molar-refractivity contribution in [3.63, 3.8) is 0 Å². The maximum Gasteiger partial charge on any atom is 0.326 e. The number of carbonyl (C=O) groups is 2. The SMILES string of the molecule is CS(=O)(=O)CCC(NC(=O)NC1CCCCC1N)C(=O)O. The van der Waals surface area contributed by atoms with Crippen molar-refractivity contribution in [3.8, 4) is 0 Å². The van der Waals surface area contributed by atoms with Gasteiger partial charge in [-0.15, -0.1) is 0 Å². The van der Waals surface area contributed by atoms with Crippen molar-refractivity contribution in [3.05, 3.63) is 0 Å². The van der Waals surface area contributed by atoms with Crippen LogP contribution in [0.4, 0.5) is 4.79 Å². The van der Waals surface area contributed by atoms with Crippen LogP contribution in [-0.2, 0) is 14.6 Å². The predicted octanol–water partition coefficient (Wildman–Crippen LogP) is -0.557. The van der Waals surface area contributed by atoms with Crippen molar-refractivity contribution in [1.29, 1.82) is 0 Å². The Morgan fingerprint density at radius 3 is 2.48 bits per heavy atom. The molecule has 3 atom stereocenters. The summed E-state index contributed by atoms with van der Waals surface area (Å²) in [6.45, 7) is 0. The Morgan fingerprint density at radius 2 is 1.95 bits per heavy atom. The van der Waals surface area contributed by atoms with Crippen LogP contribution in [0.5, 0.6) is 0 Å². The molecule has 0 aliphatic heterocycles. The zero-order chi connectivity index (χ0) is 16.0. The van der Waals surface area contributed by atoms with E-state index in [4.69, 9.17) is 10.8 Å². The van der Waals surface area contributed by atoms with Gasteiger partial charge in [0.15, 0.2) is 0 Å². The number of amides is 2. The monoisotopic (exact) mass is 321 g/mol. The van der Waals surface area contributed by atoms with Crippen molar-refractivity contribution in [1.82, 2.24) is 10.6 Å². The van der Waals surface area contributed by atoms with E-state index in [1.165, 1.54) is 0 Å². The second kappa shape index (κ2) is 7.60. The number of carboxylic acid groups (broad SMARTS) is 1. The van der Waals surface area contributed by atoms with Crippen molar-refractivity contribution in [2.24, 2.45) is 5.73 Å². The Kier molecular flexibility index (Phi) is 6.41. The molecule has 2 amide bonds. The van der Waals surface area contributed by atoms with Gasteiger partial charge in [-0.2, -0.15) is 0 Å². The van der Waals surface area contributed by atoms with Gasteiger partial charge < -0.3 is 21.5 Å². The maximum atomic E-state index is 11.8. The van der Waals surface area contributed by atoms with Gasteiger partial charge in [0.25, 0.3) is 0 Å². The number of carboxylic acids is 1. The van der Waals surface area contributed by atoms with E-state index >= 15 is 0 Å². The predicted molar refractivity (Wildman–Crippen MR) is 77.7 cm³/mol. The lowest BCUT2D eigenvalue weighted by Gasteiger charge is -2.29. The van der Waals surface area contributed by atoms with Gasteiger partial charge in [-0.3, -0.25) is 0 Å². The van der Waals surface area contributed by atoms with Crippen LogP contribution in [0.25, 0.3) is 0 Å². The van der Waals surface area contributed by atoms with Gasteiger partial charge in [0.05, 0.1) is 5.75 Å². The molecule has 1 aliphatic rings. The zero-order valence-corrected chi connectivity index (χ0v) is 12.9. The molecule has 9 heteroatoms. The van der Waals surface area contributed by atoms with Gasteiger partial charge in [-0.25, -0.2) is 18.0 Å². The van der Waals surface area contributed by atoms with Gasteiger partial charge >= 0.3 is 12.0 Å². The van der Waals surface area contributed by atoms with Gasteiger partial charge in [0.1, 0.15) is 15.9 Å². The maximum absolute atomic E-state index is 11.8. The first-order chi connectivity index (χ1) is 9.69. The molecule has 21 heavy (non-hydrogen) atoms. The van der Waals surface area contributed by atoms with Gasteiger partial charge in [-0.1, -0.05) is 12.8 Å². The third-order valence-corrected chi connectivity index (χ3v) is 4.49. The summed E-state index contributed by atoms with van der Waals surface area (Å²) in [5.74, 6) is -1.56. The lowest BCUT2D eigenvalue weighted by molar-refractivity contribution is -0.139. The first-order valence-electron chi connectivity index (χ1n) is 6.92. The third-order valence-electron chi connectivity index (χ3n) is 3.52. The van der Waals surface area contributed by atoms with Gasteiger partial charge in [0.2, 0.25) is 0 Å². The van der Waals surface area contributed by atoms with Crippen LogP contribution in [0.3, 0.4) is 0 Å². The Balaban J connectivity index is 2.50. The van der Waals surface area contributed by atoms with E-state index in [1.54, 1.807) is 0 Å². The van der Waals surface area contributed by atoms with E-state index < -0.39 is 27.9 Å². The molecule has 5 N–H and O–H groups in total. The minimum atomic E-state index is -3.28. The molecule has 1 aliphatic carbocycles. The zero-order valence-electron chi connectivity index (χ0n) is 12.0. The summed E-state index contributed by atoms with van der Waals surface area (Å²) in [7, 11) is -3.28. The van der Waals surface area contributed by atoms with E-state index in [1.807, 2.05) is 0 Å². The summed E-state index contributed by atoms with van der Waals surface area (Å²) in [6.07, 6.45) is 4.42. The molecular formula is C12H23N3O5S. The largest absolute Gasteiger partial charge is 0.480 e. The minimum Gasteiger partial charge on any atom is -0.480 e. The summed E-state index contributed by atoms with van der Waals surface area (Å²) >= 11 is 0. The molecule has 3 unspecified atom stereocenters. The first-order valence-corrected chi connectivity index (χ1v) is 8.98. The molecule has 1 saturated carbocycles. The van der Waals surface area contributed by atoms with Crippen LogP contribution < -0.4 is 16.4 Å². The third kappa shape index (κ3) is 6.76. The smallest absolute Gasteiger partial charge is 0.326 e. The number of sulfone groups is 1. The van der Waals surface area contributed by atoms with Crippen LogP contribution in [0.15, 0.2) is 0 Å². The molecule has 1 fully saturated rings. The van der Waals surface area contributed by atoms with Gasteiger partial charge in [-0.05, 0) is 19.3 Å². The number of nitrogens with two attached hydrogens (primary N) is 1. The van der Waals surface area contributed by atoms with Crippen molar-refractivity contribution >= 4 is 21.8 Å². The highest BCUT2D eigenvalue weighted by Gasteiger charge is 2.26.